The fourth-order valence-corrected chi connectivity index (χ4v) is 6.84. The van der Waals surface area contributed by atoms with E-state index in [1.807, 2.05) is 12.1 Å². The van der Waals surface area contributed by atoms with Crippen molar-refractivity contribution in [3.8, 4) is 28.3 Å². The summed E-state index contributed by atoms with van der Waals surface area (Å²) < 4.78 is 0. The van der Waals surface area contributed by atoms with Crippen LogP contribution in [0.15, 0.2) is 91.0 Å². The summed E-state index contributed by atoms with van der Waals surface area (Å²) in [4.78, 5) is 5.11. The van der Waals surface area contributed by atoms with Gasteiger partial charge in [-0.15, -0.1) is 0 Å². The Morgan fingerprint density at radius 3 is 1.43 bits per heavy atom. The molecule has 0 N–H and O–H groups in total. The number of hydrogen-bond acceptors (Lipinski definition) is 3. The normalized spacial score (nSPS) is 15.9. The van der Waals surface area contributed by atoms with Crippen LogP contribution in [-0.2, 0) is 0 Å². The molecule has 5 aromatic rings. The predicted molar refractivity (Wildman–Crippen MR) is 169 cm³/mol. The Morgan fingerprint density at radius 1 is 0.475 bits per heavy atom. The molecule has 2 aliphatic rings. The third kappa shape index (κ3) is 4.48. The van der Waals surface area contributed by atoms with Crippen molar-refractivity contribution < 1.29 is 0 Å². The lowest BCUT2D eigenvalue weighted by molar-refractivity contribution is 0.578. The molecule has 0 bridgehead atoms. The Bertz CT molecular complexity index is 1700. The minimum absolute atomic E-state index is 0.694. The fraction of sp³-hybridized carbons (Fsp3) is 0.270. The monoisotopic (exact) mass is 521 g/mol. The van der Waals surface area contributed by atoms with Crippen molar-refractivity contribution in [1.82, 2.24) is 0 Å². The summed E-state index contributed by atoms with van der Waals surface area (Å²) in [6.07, 6.45) is 7.68. The van der Waals surface area contributed by atoms with E-state index in [1.165, 1.54) is 88.1 Å². The van der Waals surface area contributed by atoms with E-state index in [2.05, 4.69) is 94.7 Å². The molecule has 2 aliphatic heterocycles. The molecule has 0 aromatic heterocycles. The SMILES string of the molecule is N#Cc1ccc(-c2c3ccc(N4CCCCC4)cc3c(-c3ccccc3)c3ccc(N4CCCCC4)cc23)cc1. The minimum Gasteiger partial charge on any atom is -0.372 e. The number of nitriles is 1. The number of fused-ring (bicyclic) bond motifs is 2. The van der Waals surface area contributed by atoms with E-state index in [0.29, 0.717) is 5.56 Å². The molecule has 0 aliphatic carbocycles. The average Bonchev–Trinajstić information content (AvgIpc) is 3.04. The third-order valence-electron chi connectivity index (χ3n) is 8.89. The van der Waals surface area contributed by atoms with Crippen LogP contribution in [-0.4, -0.2) is 26.2 Å². The van der Waals surface area contributed by atoms with Crippen LogP contribution in [0.4, 0.5) is 11.4 Å². The van der Waals surface area contributed by atoms with Gasteiger partial charge in [0.25, 0.3) is 0 Å². The van der Waals surface area contributed by atoms with Crippen LogP contribution < -0.4 is 9.80 Å². The molecular formula is C37H35N3. The molecular weight excluding hydrogens is 486 g/mol. The van der Waals surface area contributed by atoms with Gasteiger partial charge in [-0.3, -0.25) is 0 Å². The van der Waals surface area contributed by atoms with Crippen molar-refractivity contribution in [3.63, 3.8) is 0 Å². The first kappa shape index (κ1) is 24.7. The van der Waals surface area contributed by atoms with Crippen LogP contribution in [0.5, 0.6) is 0 Å². The van der Waals surface area contributed by atoms with Crippen molar-refractivity contribution in [2.24, 2.45) is 0 Å². The van der Waals surface area contributed by atoms with Crippen molar-refractivity contribution in [2.75, 3.05) is 36.0 Å². The van der Waals surface area contributed by atoms with E-state index in [4.69, 9.17) is 0 Å². The molecule has 0 atom stereocenters. The van der Waals surface area contributed by atoms with Crippen molar-refractivity contribution >= 4 is 32.9 Å². The fourth-order valence-electron chi connectivity index (χ4n) is 6.84. The second-order valence-corrected chi connectivity index (χ2v) is 11.4. The lowest BCUT2D eigenvalue weighted by Gasteiger charge is -2.30. The molecule has 2 heterocycles. The second-order valence-electron chi connectivity index (χ2n) is 11.4. The van der Waals surface area contributed by atoms with Crippen molar-refractivity contribution in [3.05, 3.63) is 96.6 Å². The Morgan fingerprint density at radius 2 is 0.950 bits per heavy atom. The first-order chi connectivity index (χ1) is 19.8. The summed E-state index contributed by atoms with van der Waals surface area (Å²) in [5.74, 6) is 0. The molecule has 0 spiro atoms. The number of rotatable bonds is 4. The van der Waals surface area contributed by atoms with E-state index in [9.17, 15) is 5.26 Å². The van der Waals surface area contributed by atoms with Crippen LogP contribution in [0.25, 0.3) is 43.8 Å². The maximum atomic E-state index is 9.48. The van der Waals surface area contributed by atoms with Crippen LogP contribution in [0, 0.1) is 11.3 Å². The van der Waals surface area contributed by atoms with Crippen LogP contribution in [0.2, 0.25) is 0 Å². The van der Waals surface area contributed by atoms with Gasteiger partial charge in [-0.05, 0) is 119 Å². The van der Waals surface area contributed by atoms with Gasteiger partial charge in [0.2, 0.25) is 0 Å². The Labute approximate surface area is 237 Å². The predicted octanol–water partition coefficient (Wildman–Crippen LogP) is 9.18. The summed E-state index contributed by atoms with van der Waals surface area (Å²) in [6.45, 7) is 4.49. The first-order valence-corrected chi connectivity index (χ1v) is 14.9. The number of nitrogens with zero attached hydrogens (tertiary/aromatic N) is 3. The van der Waals surface area contributed by atoms with Gasteiger partial charge in [-0.2, -0.15) is 5.26 Å². The summed E-state index contributed by atoms with van der Waals surface area (Å²) in [5.41, 5.74) is 8.32. The van der Waals surface area contributed by atoms with E-state index in [0.717, 1.165) is 31.7 Å². The van der Waals surface area contributed by atoms with Gasteiger partial charge in [0.1, 0.15) is 0 Å². The molecule has 198 valence electrons. The van der Waals surface area contributed by atoms with Gasteiger partial charge < -0.3 is 9.80 Å². The molecule has 0 amide bonds. The standard InChI is InChI=1S/C37H35N3/c38-26-27-12-14-29(15-13-27)37-33-19-17-30(39-20-6-2-7-21-39)24-34(33)36(28-10-4-1-5-11-28)32-18-16-31(25-35(32)37)40-22-8-3-9-23-40/h1,4-5,10-19,24-25H,2-3,6-9,20-23H2. The highest BCUT2D eigenvalue weighted by atomic mass is 15.1. The van der Waals surface area contributed by atoms with Gasteiger partial charge >= 0.3 is 0 Å². The number of benzene rings is 5. The first-order valence-electron chi connectivity index (χ1n) is 14.9. The molecule has 3 nitrogen and oxygen atoms in total. The Balaban J connectivity index is 1.55. The van der Waals surface area contributed by atoms with Crippen LogP contribution >= 0.6 is 0 Å². The van der Waals surface area contributed by atoms with Crippen LogP contribution in [0.3, 0.4) is 0 Å². The molecule has 40 heavy (non-hydrogen) atoms. The molecule has 5 aromatic carbocycles. The summed E-state index contributed by atoms with van der Waals surface area (Å²) in [7, 11) is 0. The molecule has 7 rings (SSSR count). The number of hydrogen-bond donors (Lipinski definition) is 0. The van der Waals surface area contributed by atoms with E-state index in [1.54, 1.807) is 0 Å². The quantitative estimate of drug-likeness (QED) is 0.221. The molecule has 3 heteroatoms. The molecule has 2 fully saturated rings. The minimum atomic E-state index is 0.694. The second kappa shape index (κ2) is 10.7. The zero-order valence-corrected chi connectivity index (χ0v) is 23.1. The van der Waals surface area contributed by atoms with Crippen molar-refractivity contribution in [1.29, 1.82) is 5.26 Å². The number of piperidine rings is 2. The van der Waals surface area contributed by atoms with Crippen molar-refractivity contribution in [2.45, 2.75) is 38.5 Å². The van der Waals surface area contributed by atoms with E-state index >= 15 is 0 Å². The summed E-state index contributed by atoms with van der Waals surface area (Å²) in [5, 5.41) is 14.6. The highest BCUT2D eigenvalue weighted by Crippen LogP contribution is 2.46. The lowest BCUT2D eigenvalue weighted by atomic mass is 9.85. The van der Waals surface area contributed by atoms with Gasteiger partial charge in [0.15, 0.2) is 0 Å². The van der Waals surface area contributed by atoms with Gasteiger partial charge in [-0.1, -0.05) is 54.6 Å². The maximum Gasteiger partial charge on any atom is 0.0991 e. The maximum absolute atomic E-state index is 9.48. The Hall–Kier alpha value is -4.29. The topological polar surface area (TPSA) is 30.3 Å². The average molecular weight is 522 g/mol. The van der Waals surface area contributed by atoms with E-state index in [-0.39, 0.29) is 0 Å². The molecule has 0 saturated carbocycles. The highest BCUT2D eigenvalue weighted by molar-refractivity contribution is 6.22. The van der Waals surface area contributed by atoms with Gasteiger partial charge in [-0.25, -0.2) is 0 Å². The van der Waals surface area contributed by atoms with E-state index < -0.39 is 0 Å². The van der Waals surface area contributed by atoms with Crippen LogP contribution in [0.1, 0.15) is 44.1 Å². The molecule has 2 saturated heterocycles. The highest BCUT2D eigenvalue weighted by Gasteiger charge is 2.21. The zero-order chi connectivity index (χ0) is 26.9. The van der Waals surface area contributed by atoms with Gasteiger partial charge in [0, 0.05) is 37.6 Å². The smallest absolute Gasteiger partial charge is 0.0991 e. The largest absolute Gasteiger partial charge is 0.372 e. The zero-order valence-electron chi connectivity index (χ0n) is 23.1. The number of anilines is 2. The van der Waals surface area contributed by atoms with Gasteiger partial charge in [0.05, 0.1) is 11.6 Å². The summed E-state index contributed by atoms with van der Waals surface area (Å²) in [6, 6.07) is 35.6. The lowest BCUT2D eigenvalue weighted by Crippen LogP contribution is -2.29. The Kier molecular flexibility index (Phi) is 6.62. The summed E-state index contributed by atoms with van der Waals surface area (Å²) >= 11 is 0. The third-order valence-corrected chi connectivity index (χ3v) is 8.89. The molecule has 0 radical (unpaired) electrons. The molecule has 0 unspecified atom stereocenters.